The van der Waals surface area contributed by atoms with Crippen LogP contribution in [0, 0.1) is 5.92 Å². The first-order valence-electron chi connectivity index (χ1n) is 5.28. The van der Waals surface area contributed by atoms with Crippen molar-refractivity contribution in [3.8, 4) is 0 Å². The maximum absolute atomic E-state index is 12.7. The number of carboxylic acid groups (broad SMARTS) is 1. The second-order valence-electron chi connectivity index (χ2n) is 4.43. The molecule has 1 unspecified atom stereocenters. The Morgan fingerprint density at radius 1 is 1.44 bits per heavy atom. The van der Waals surface area contributed by atoms with E-state index in [1.165, 1.54) is 0 Å². The van der Waals surface area contributed by atoms with E-state index in [1.54, 1.807) is 0 Å². The third-order valence-electron chi connectivity index (χ3n) is 3.25. The van der Waals surface area contributed by atoms with E-state index in [0.29, 0.717) is 0 Å². The van der Waals surface area contributed by atoms with Crippen molar-refractivity contribution in [3.63, 3.8) is 0 Å². The van der Waals surface area contributed by atoms with Gasteiger partial charge in [0.2, 0.25) is 5.54 Å². The Labute approximate surface area is 92.2 Å². The number of carboxylic acids is 1. The lowest BCUT2D eigenvalue weighted by atomic mass is 9.87. The number of nitrogens with zero attached hydrogens (tertiary/aromatic N) is 1. The first-order chi connectivity index (χ1) is 7.23. The summed E-state index contributed by atoms with van der Waals surface area (Å²) >= 11 is 0. The van der Waals surface area contributed by atoms with Crippen molar-refractivity contribution >= 4 is 5.97 Å². The first kappa shape index (κ1) is 13.3. The van der Waals surface area contributed by atoms with Crippen LogP contribution in [0.15, 0.2) is 0 Å². The largest absolute Gasteiger partial charge is 0.480 e. The predicted octanol–water partition coefficient (Wildman–Crippen LogP) is 2.12. The van der Waals surface area contributed by atoms with Crippen LogP contribution in [-0.2, 0) is 4.79 Å². The zero-order valence-electron chi connectivity index (χ0n) is 9.34. The van der Waals surface area contributed by atoms with Crippen LogP contribution in [0.25, 0.3) is 0 Å². The Morgan fingerprint density at radius 3 is 2.25 bits per heavy atom. The van der Waals surface area contributed by atoms with Crippen LogP contribution >= 0.6 is 0 Å². The fraction of sp³-hybridized carbons (Fsp3) is 0.900. The van der Waals surface area contributed by atoms with Gasteiger partial charge in [0.15, 0.2) is 0 Å². The monoisotopic (exact) mass is 239 g/mol. The minimum atomic E-state index is -4.74. The summed E-state index contributed by atoms with van der Waals surface area (Å²) in [5.74, 6) is -1.62. The minimum absolute atomic E-state index is 0.200. The van der Waals surface area contributed by atoms with Crippen LogP contribution in [-0.4, -0.2) is 40.8 Å². The quantitative estimate of drug-likeness (QED) is 0.817. The third kappa shape index (κ3) is 2.03. The Morgan fingerprint density at radius 2 is 1.94 bits per heavy atom. The third-order valence-corrected chi connectivity index (χ3v) is 3.25. The smallest absolute Gasteiger partial charge is 0.417 e. The van der Waals surface area contributed by atoms with E-state index in [4.69, 9.17) is 5.11 Å². The number of carbonyl (C=O) groups is 1. The summed E-state index contributed by atoms with van der Waals surface area (Å²) in [7, 11) is 0. The number of hydrogen-bond donors (Lipinski definition) is 1. The van der Waals surface area contributed by atoms with Gasteiger partial charge in [-0.2, -0.15) is 13.2 Å². The van der Waals surface area contributed by atoms with E-state index in [0.717, 1.165) is 24.7 Å². The second-order valence-corrected chi connectivity index (χ2v) is 4.43. The lowest BCUT2D eigenvalue weighted by Gasteiger charge is -2.48. The zero-order chi connectivity index (χ0) is 12.6. The van der Waals surface area contributed by atoms with E-state index >= 15 is 0 Å². The molecule has 1 N–H and O–H groups in total. The van der Waals surface area contributed by atoms with E-state index in [1.807, 2.05) is 6.92 Å². The molecule has 1 atom stereocenters. The van der Waals surface area contributed by atoms with E-state index in [9.17, 15) is 18.0 Å². The summed E-state index contributed by atoms with van der Waals surface area (Å²) < 4.78 is 38.2. The Bertz CT molecular complexity index is 274. The standard InChI is InChI=1S/C10H16F3NO2/c1-3-4-7-5-14(6-7)9(2,8(15)16)10(11,12)13/h7H,3-6H2,1-2H3,(H,15,16). The molecule has 1 rings (SSSR count). The normalized spacial score (nSPS) is 22.6. The van der Waals surface area contributed by atoms with Crippen molar-refractivity contribution in [3.05, 3.63) is 0 Å². The molecule has 0 radical (unpaired) electrons. The molecular weight excluding hydrogens is 223 g/mol. The van der Waals surface area contributed by atoms with Crippen molar-refractivity contribution in [2.75, 3.05) is 13.1 Å². The molecule has 0 bridgehead atoms. The van der Waals surface area contributed by atoms with Gasteiger partial charge in [-0.25, -0.2) is 4.79 Å². The molecule has 0 saturated carbocycles. The van der Waals surface area contributed by atoms with Gasteiger partial charge in [0.1, 0.15) is 0 Å². The van der Waals surface area contributed by atoms with Gasteiger partial charge in [0.05, 0.1) is 0 Å². The molecule has 6 heteroatoms. The molecule has 0 spiro atoms. The molecule has 1 heterocycles. The van der Waals surface area contributed by atoms with Crippen LogP contribution < -0.4 is 0 Å². The summed E-state index contributed by atoms with van der Waals surface area (Å²) in [6, 6.07) is 0. The van der Waals surface area contributed by atoms with Crippen LogP contribution in [0.3, 0.4) is 0 Å². The highest BCUT2D eigenvalue weighted by atomic mass is 19.4. The van der Waals surface area contributed by atoms with Gasteiger partial charge in [0, 0.05) is 13.1 Å². The van der Waals surface area contributed by atoms with Crippen molar-refractivity contribution in [2.24, 2.45) is 5.92 Å². The molecule has 94 valence electrons. The van der Waals surface area contributed by atoms with Gasteiger partial charge < -0.3 is 5.11 Å². The highest BCUT2D eigenvalue weighted by molar-refractivity contribution is 5.79. The van der Waals surface area contributed by atoms with Crippen molar-refractivity contribution in [2.45, 2.75) is 38.4 Å². The van der Waals surface area contributed by atoms with Crippen molar-refractivity contribution in [1.29, 1.82) is 0 Å². The molecule has 1 fully saturated rings. The highest BCUT2D eigenvalue weighted by Gasteiger charge is 2.63. The molecule has 1 aliphatic rings. The molecule has 1 aliphatic heterocycles. The van der Waals surface area contributed by atoms with Crippen LogP contribution in [0.2, 0.25) is 0 Å². The molecule has 1 saturated heterocycles. The van der Waals surface area contributed by atoms with Crippen molar-refractivity contribution in [1.82, 2.24) is 4.90 Å². The summed E-state index contributed by atoms with van der Waals surface area (Å²) in [4.78, 5) is 11.8. The average Bonchev–Trinajstić information content (AvgIpc) is 2.07. The Hall–Kier alpha value is -0.780. The predicted molar refractivity (Wildman–Crippen MR) is 52.1 cm³/mol. The maximum atomic E-state index is 12.7. The second kappa shape index (κ2) is 4.24. The van der Waals surface area contributed by atoms with Gasteiger partial charge in [-0.05, 0) is 19.3 Å². The van der Waals surface area contributed by atoms with Gasteiger partial charge in [-0.15, -0.1) is 0 Å². The summed E-state index contributed by atoms with van der Waals surface area (Å²) in [5, 5.41) is 8.76. The minimum Gasteiger partial charge on any atom is -0.480 e. The SMILES string of the molecule is CCCC1CN(C(C)(C(=O)O)C(F)(F)F)C1. The van der Waals surface area contributed by atoms with Crippen LogP contribution in [0.5, 0.6) is 0 Å². The molecular formula is C10H16F3NO2. The maximum Gasteiger partial charge on any atom is 0.417 e. The number of alkyl halides is 3. The average molecular weight is 239 g/mol. The van der Waals surface area contributed by atoms with Gasteiger partial charge in [0.25, 0.3) is 0 Å². The van der Waals surface area contributed by atoms with Gasteiger partial charge in [-0.1, -0.05) is 13.3 Å². The molecule has 0 aliphatic carbocycles. The lowest BCUT2D eigenvalue weighted by molar-refractivity contribution is -0.246. The molecule has 3 nitrogen and oxygen atoms in total. The molecule has 0 aromatic carbocycles. The lowest BCUT2D eigenvalue weighted by Crippen LogP contribution is -2.68. The number of halogens is 3. The molecule has 16 heavy (non-hydrogen) atoms. The van der Waals surface area contributed by atoms with Crippen molar-refractivity contribution < 1.29 is 23.1 Å². The van der Waals surface area contributed by atoms with Gasteiger partial charge >= 0.3 is 12.1 Å². The molecule has 0 aromatic rings. The molecule has 0 amide bonds. The van der Waals surface area contributed by atoms with E-state index in [2.05, 4.69) is 0 Å². The molecule has 0 aromatic heterocycles. The fourth-order valence-corrected chi connectivity index (χ4v) is 1.96. The summed E-state index contributed by atoms with van der Waals surface area (Å²) in [6.07, 6.45) is -2.98. The van der Waals surface area contributed by atoms with E-state index in [-0.39, 0.29) is 19.0 Å². The number of aliphatic carboxylic acids is 1. The Kier molecular flexibility index (Phi) is 3.52. The summed E-state index contributed by atoms with van der Waals surface area (Å²) in [6.45, 7) is 3.13. The Balaban J connectivity index is 2.72. The topological polar surface area (TPSA) is 40.5 Å². The van der Waals surface area contributed by atoms with Crippen LogP contribution in [0.4, 0.5) is 13.2 Å². The van der Waals surface area contributed by atoms with Crippen LogP contribution in [0.1, 0.15) is 26.7 Å². The summed E-state index contributed by atoms with van der Waals surface area (Å²) in [5.41, 5.74) is -2.74. The van der Waals surface area contributed by atoms with E-state index < -0.39 is 17.7 Å². The number of hydrogen-bond acceptors (Lipinski definition) is 2. The number of likely N-dealkylation sites (tertiary alicyclic amines) is 1. The zero-order valence-corrected chi connectivity index (χ0v) is 9.34. The van der Waals surface area contributed by atoms with Gasteiger partial charge in [-0.3, -0.25) is 4.90 Å². The first-order valence-corrected chi connectivity index (χ1v) is 5.28. The highest BCUT2D eigenvalue weighted by Crippen LogP contribution is 2.40. The fourth-order valence-electron chi connectivity index (χ4n) is 1.96. The number of rotatable bonds is 4.